The highest BCUT2D eigenvalue weighted by Crippen LogP contribution is 2.55. The predicted molar refractivity (Wildman–Crippen MR) is 83.0 cm³/mol. The second-order valence-corrected chi connectivity index (χ2v) is 8.69. The van der Waals surface area contributed by atoms with E-state index in [9.17, 15) is 8.42 Å². The van der Waals surface area contributed by atoms with Crippen molar-refractivity contribution < 1.29 is 8.42 Å². The van der Waals surface area contributed by atoms with Crippen LogP contribution in [0.1, 0.15) is 38.5 Å². The molecule has 4 fully saturated rings. The quantitative estimate of drug-likeness (QED) is 0.898. The Hall–Kier alpha value is -1.07. The topological polar surface area (TPSA) is 58.2 Å². The summed E-state index contributed by atoms with van der Waals surface area (Å²) in [5.41, 5.74) is 0.435. The monoisotopic (exact) mass is 306 g/mol. The Morgan fingerprint density at radius 1 is 0.905 bits per heavy atom. The molecular weight excluding hydrogens is 284 g/mol. The van der Waals surface area contributed by atoms with Gasteiger partial charge in [0.2, 0.25) is 0 Å². The predicted octanol–water partition coefficient (Wildman–Crippen LogP) is 2.90. The van der Waals surface area contributed by atoms with Gasteiger partial charge in [0.15, 0.2) is 0 Å². The first kappa shape index (κ1) is 13.6. The van der Waals surface area contributed by atoms with Crippen LogP contribution >= 0.6 is 0 Å². The molecule has 5 rings (SSSR count). The number of nitrogens with one attached hydrogen (secondary N) is 2. The highest BCUT2D eigenvalue weighted by Gasteiger charge is 2.52. The minimum Gasteiger partial charge on any atom is -0.271 e. The molecule has 4 nitrogen and oxygen atoms in total. The second-order valence-electron chi connectivity index (χ2n) is 7.27. The largest absolute Gasteiger partial charge is 0.299 e. The number of benzene rings is 1. The van der Waals surface area contributed by atoms with E-state index in [1.807, 2.05) is 18.2 Å². The van der Waals surface area contributed by atoms with E-state index < -0.39 is 10.2 Å². The van der Waals surface area contributed by atoms with Gasteiger partial charge in [0.25, 0.3) is 10.2 Å². The van der Waals surface area contributed by atoms with Gasteiger partial charge in [-0.1, -0.05) is 18.2 Å². The zero-order valence-electron chi connectivity index (χ0n) is 12.1. The third-order valence-electron chi connectivity index (χ3n) is 5.42. The molecule has 0 amide bonds. The minimum absolute atomic E-state index is 0.185. The van der Waals surface area contributed by atoms with Crippen LogP contribution in [0.4, 0.5) is 5.69 Å². The molecule has 5 heteroatoms. The third kappa shape index (κ3) is 2.69. The van der Waals surface area contributed by atoms with Gasteiger partial charge in [-0.25, -0.2) is 0 Å². The maximum atomic E-state index is 12.5. The van der Waals surface area contributed by atoms with Gasteiger partial charge < -0.3 is 0 Å². The molecule has 2 N–H and O–H groups in total. The molecule has 4 aliphatic rings. The van der Waals surface area contributed by atoms with E-state index >= 15 is 0 Å². The van der Waals surface area contributed by atoms with Crippen LogP contribution in [0.2, 0.25) is 0 Å². The molecule has 0 unspecified atom stereocenters. The summed E-state index contributed by atoms with van der Waals surface area (Å²) in [6.45, 7) is 0. The molecule has 4 aliphatic carbocycles. The van der Waals surface area contributed by atoms with Crippen LogP contribution in [0.15, 0.2) is 30.3 Å². The van der Waals surface area contributed by atoms with Crippen LogP contribution in [-0.4, -0.2) is 14.0 Å². The highest BCUT2D eigenvalue weighted by atomic mass is 32.2. The van der Waals surface area contributed by atoms with E-state index in [1.54, 1.807) is 12.1 Å². The lowest BCUT2D eigenvalue weighted by Crippen LogP contribution is -2.60. The van der Waals surface area contributed by atoms with Crippen molar-refractivity contribution in [3.63, 3.8) is 0 Å². The van der Waals surface area contributed by atoms with Crippen LogP contribution < -0.4 is 9.44 Å². The van der Waals surface area contributed by atoms with Crippen LogP contribution in [0.5, 0.6) is 0 Å². The fourth-order valence-corrected chi connectivity index (χ4v) is 6.53. The molecule has 0 radical (unpaired) electrons. The van der Waals surface area contributed by atoms with Crippen molar-refractivity contribution in [1.29, 1.82) is 0 Å². The molecule has 0 spiro atoms. The maximum Gasteiger partial charge on any atom is 0.299 e. The van der Waals surface area contributed by atoms with Crippen molar-refractivity contribution in [3.05, 3.63) is 30.3 Å². The summed E-state index contributed by atoms with van der Waals surface area (Å²) in [4.78, 5) is 0. The second kappa shape index (κ2) is 4.71. The minimum atomic E-state index is -3.50. The Morgan fingerprint density at radius 2 is 1.43 bits per heavy atom. The van der Waals surface area contributed by atoms with Crippen LogP contribution in [0.3, 0.4) is 0 Å². The van der Waals surface area contributed by atoms with Crippen molar-refractivity contribution in [2.24, 2.45) is 17.8 Å². The molecule has 0 atom stereocenters. The summed E-state index contributed by atoms with van der Waals surface area (Å²) >= 11 is 0. The summed E-state index contributed by atoms with van der Waals surface area (Å²) in [5, 5.41) is 0. The molecule has 0 saturated heterocycles. The SMILES string of the molecule is O=S(=O)(Nc1ccccc1)NC12CC3CC(CC(C3)C1)C2. The highest BCUT2D eigenvalue weighted by molar-refractivity contribution is 7.90. The molecule has 21 heavy (non-hydrogen) atoms. The van der Waals surface area contributed by atoms with Crippen molar-refractivity contribution in [3.8, 4) is 0 Å². The van der Waals surface area contributed by atoms with Crippen molar-refractivity contribution >= 4 is 15.9 Å². The summed E-state index contributed by atoms with van der Waals surface area (Å²) in [5.74, 6) is 2.20. The number of hydrogen-bond donors (Lipinski definition) is 2. The lowest BCUT2D eigenvalue weighted by molar-refractivity contribution is -0.00801. The van der Waals surface area contributed by atoms with E-state index in [0.29, 0.717) is 5.69 Å². The molecule has 0 aliphatic heterocycles. The Bertz CT molecular complexity index is 592. The maximum absolute atomic E-state index is 12.5. The van der Waals surface area contributed by atoms with Crippen LogP contribution in [0, 0.1) is 17.8 Å². The fourth-order valence-electron chi connectivity index (χ4n) is 5.21. The van der Waals surface area contributed by atoms with Crippen LogP contribution in [-0.2, 0) is 10.2 Å². The van der Waals surface area contributed by atoms with Crippen molar-refractivity contribution in [1.82, 2.24) is 4.72 Å². The summed E-state index contributed by atoms with van der Waals surface area (Å²) < 4.78 is 30.6. The van der Waals surface area contributed by atoms with Gasteiger partial charge in [0, 0.05) is 11.2 Å². The zero-order chi connectivity index (χ0) is 14.5. The lowest BCUT2D eigenvalue weighted by Gasteiger charge is -2.56. The Kier molecular flexibility index (Phi) is 3.05. The Labute approximate surface area is 126 Å². The summed E-state index contributed by atoms with van der Waals surface area (Å²) in [6, 6.07) is 9.10. The first-order valence-corrected chi connectivity index (χ1v) is 9.37. The number of para-hydroxylation sites is 1. The summed E-state index contributed by atoms with van der Waals surface area (Å²) in [7, 11) is -3.50. The van der Waals surface area contributed by atoms with Gasteiger partial charge in [-0.15, -0.1) is 0 Å². The van der Waals surface area contributed by atoms with Gasteiger partial charge in [0.1, 0.15) is 0 Å². The number of rotatable bonds is 4. The van der Waals surface area contributed by atoms with Gasteiger partial charge in [-0.3, -0.25) is 4.72 Å². The van der Waals surface area contributed by atoms with E-state index in [-0.39, 0.29) is 5.54 Å². The first-order valence-electron chi connectivity index (χ1n) is 7.89. The van der Waals surface area contributed by atoms with Gasteiger partial charge in [-0.2, -0.15) is 13.1 Å². The van der Waals surface area contributed by atoms with Crippen LogP contribution in [0.25, 0.3) is 0 Å². The molecule has 4 bridgehead atoms. The molecule has 1 aromatic carbocycles. The Balaban J connectivity index is 1.52. The molecule has 114 valence electrons. The van der Waals surface area contributed by atoms with E-state index in [1.165, 1.54) is 19.3 Å². The van der Waals surface area contributed by atoms with E-state index in [0.717, 1.165) is 37.0 Å². The molecule has 0 heterocycles. The average Bonchev–Trinajstić information content (AvgIpc) is 2.35. The molecule has 4 saturated carbocycles. The smallest absolute Gasteiger partial charge is 0.271 e. The average molecular weight is 306 g/mol. The third-order valence-corrected chi connectivity index (χ3v) is 6.62. The Morgan fingerprint density at radius 3 is 1.95 bits per heavy atom. The first-order chi connectivity index (χ1) is 10.0. The van der Waals surface area contributed by atoms with Crippen molar-refractivity contribution in [2.45, 2.75) is 44.1 Å². The summed E-state index contributed by atoms with van der Waals surface area (Å²) in [6.07, 6.45) is 7.01. The van der Waals surface area contributed by atoms with Crippen molar-refractivity contribution in [2.75, 3.05) is 4.72 Å². The lowest BCUT2D eigenvalue weighted by atomic mass is 9.53. The van der Waals surface area contributed by atoms with E-state index in [2.05, 4.69) is 9.44 Å². The molecule has 1 aromatic rings. The van der Waals surface area contributed by atoms with Gasteiger partial charge in [0.05, 0.1) is 0 Å². The standard InChI is InChI=1S/C16H22N2O2S/c19-21(20,17-15-4-2-1-3-5-15)18-16-9-12-6-13(10-16)8-14(7-12)11-16/h1-5,12-14,17-18H,6-11H2. The fraction of sp³-hybridized carbons (Fsp3) is 0.625. The van der Waals surface area contributed by atoms with Gasteiger partial charge in [-0.05, 0) is 68.4 Å². The number of anilines is 1. The van der Waals surface area contributed by atoms with E-state index in [4.69, 9.17) is 0 Å². The molecule has 0 aromatic heterocycles. The van der Waals surface area contributed by atoms with Gasteiger partial charge >= 0.3 is 0 Å². The number of hydrogen-bond acceptors (Lipinski definition) is 2. The normalized spacial score (nSPS) is 37.6. The molecular formula is C16H22N2O2S. The zero-order valence-corrected chi connectivity index (χ0v) is 12.9.